The van der Waals surface area contributed by atoms with Gasteiger partial charge in [-0.05, 0) is 12.5 Å². The number of ether oxygens (including phenoxy) is 3. The summed E-state index contributed by atoms with van der Waals surface area (Å²) >= 11 is 0. The monoisotopic (exact) mass is 275 g/mol. The lowest BCUT2D eigenvalue weighted by molar-refractivity contribution is 0.173. The Morgan fingerprint density at radius 3 is 2.90 bits per heavy atom. The summed E-state index contributed by atoms with van der Waals surface area (Å²) in [6.45, 7) is 2.16. The minimum Gasteiger partial charge on any atom is -0.493 e. The summed E-state index contributed by atoms with van der Waals surface area (Å²) in [6.07, 6.45) is 6.40. The molecule has 0 fully saturated rings. The van der Waals surface area contributed by atoms with E-state index in [-0.39, 0.29) is 6.79 Å². The van der Waals surface area contributed by atoms with Gasteiger partial charge in [0.25, 0.3) is 0 Å². The molecule has 0 aliphatic carbocycles. The fourth-order valence-electron chi connectivity index (χ4n) is 2.11. The Morgan fingerprint density at radius 1 is 1.30 bits per heavy atom. The molecule has 1 aliphatic heterocycles. The van der Waals surface area contributed by atoms with Gasteiger partial charge in [0.2, 0.25) is 6.79 Å². The normalized spacial score (nSPS) is 12.7. The number of benzene rings is 1. The number of imidazole rings is 1. The highest BCUT2D eigenvalue weighted by atomic mass is 16.7. The first-order valence-electron chi connectivity index (χ1n) is 6.58. The van der Waals surface area contributed by atoms with Crippen LogP contribution in [0.2, 0.25) is 0 Å². The van der Waals surface area contributed by atoms with Crippen molar-refractivity contribution >= 4 is 0 Å². The molecule has 0 saturated carbocycles. The minimum atomic E-state index is 0.253. The van der Waals surface area contributed by atoms with Crippen LogP contribution in [0.25, 0.3) is 0 Å². The SMILES string of the molecule is NCc1cc2c(cc1OCCCn1ccnc1)OCO2. The first-order valence-corrected chi connectivity index (χ1v) is 6.58. The van der Waals surface area contributed by atoms with E-state index in [1.54, 1.807) is 12.5 Å². The van der Waals surface area contributed by atoms with Crippen molar-refractivity contribution in [1.82, 2.24) is 9.55 Å². The summed E-state index contributed by atoms with van der Waals surface area (Å²) in [5.41, 5.74) is 6.67. The second-order valence-electron chi connectivity index (χ2n) is 4.52. The summed E-state index contributed by atoms with van der Waals surface area (Å²) in [5.74, 6) is 2.21. The second kappa shape index (κ2) is 5.83. The van der Waals surface area contributed by atoms with Crippen LogP contribution in [0.4, 0.5) is 0 Å². The Labute approximate surface area is 117 Å². The summed E-state index contributed by atoms with van der Waals surface area (Å²) in [4.78, 5) is 4.00. The second-order valence-corrected chi connectivity index (χ2v) is 4.52. The van der Waals surface area contributed by atoms with Gasteiger partial charge in [-0.15, -0.1) is 0 Å². The van der Waals surface area contributed by atoms with Gasteiger partial charge in [0.15, 0.2) is 11.5 Å². The van der Waals surface area contributed by atoms with Crippen molar-refractivity contribution in [3.05, 3.63) is 36.4 Å². The summed E-state index contributed by atoms with van der Waals surface area (Å²) in [5, 5.41) is 0. The lowest BCUT2D eigenvalue weighted by atomic mass is 10.2. The molecule has 0 bridgehead atoms. The van der Waals surface area contributed by atoms with Crippen molar-refractivity contribution in [2.75, 3.05) is 13.4 Å². The van der Waals surface area contributed by atoms with E-state index in [4.69, 9.17) is 19.9 Å². The number of hydrogen-bond donors (Lipinski definition) is 1. The van der Waals surface area contributed by atoms with Gasteiger partial charge in [-0.3, -0.25) is 0 Å². The maximum absolute atomic E-state index is 5.80. The fourth-order valence-corrected chi connectivity index (χ4v) is 2.11. The van der Waals surface area contributed by atoms with Crippen LogP contribution >= 0.6 is 0 Å². The van der Waals surface area contributed by atoms with Crippen LogP contribution in [0.1, 0.15) is 12.0 Å². The third kappa shape index (κ3) is 2.70. The van der Waals surface area contributed by atoms with Gasteiger partial charge in [-0.25, -0.2) is 4.98 Å². The highest BCUT2D eigenvalue weighted by molar-refractivity contribution is 5.51. The first kappa shape index (κ1) is 12.8. The molecule has 0 radical (unpaired) electrons. The number of fused-ring (bicyclic) bond motifs is 1. The third-order valence-electron chi connectivity index (χ3n) is 3.15. The molecule has 6 heteroatoms. The molecule has 6 nitrogen and oxygen atoms in total. The number of rotatable bonds is 6. The molecular weight excluding hydrogens is 258 g/mol. The molecule has 20 heavy (non-hydrogen) atoms. The zero-order chi connectivity index (χ0) is 13.8. The van der Waals surface area contributed by atoms with E-state index < -0.39 is 0 Å². The largest absolute Gasteiger partial charge is 0.493 e. The smallest absolute Gasteiger partial charge is 0.231 e. The van der Waals surface area contributed by atoms with E-state index in [1.165, 1.54) is 0 Å². The Kier molecular flexibility index (Phi) is 3.73. The molecule has 1 aromatic carbocycles. The van der Waals surface area contributed by atoms with Gasteiger partial charge in [0.05, 0.1) is 12.9 Å². The zero-order valence-electron chi connectivity index (χ0n) is 11.1. The maximum atomic E-state index is 5.80. The highest BCUT2D eigenvalue weighted by Crippen LogP contribution is 2.38. The van der Waals surface area contributed by atoms with E-state index in [2.05, 4.69) is 4.98 Å². The molecule has 106 valence electrons. The Hall–Kier alpha value is -2.21. The van der Waals surface area contributed by atoms with Gasteiger partial charge in [0.1, 0.15) is 5.75 Å². The number of aryl methyl sites for hydroxylation is 1. The molecule has 0 unspecified atom stereocenters. The average molecular weight is 275 g/mol. The highest BCUT2D eigenvalue weighted by Gasteiger charge is 2.17. The van der Waals surface area contributed by atoms with Crippen LogP contribution in [0.15, 0.2) is 30.9 Å². The molecule has 0 saturated heterocycles. The van der Waals surface area contributed by atoms with Crippen LogP contribution in [0.3, 0.4) is 0 Å². The summed E-state index contributed by atoms with van der Waals surface area (Å²) in [6, 6.07) is 3.73. The van der Waals surface area contributed by atoms with Crippen LogP contribution in [0, 0.1) is 0 Å². The molecule has 0 amide bonds. The molecule has 0 atom stereocenters. The Balaban J connectivity index is 1.59. The Bertz CT molecular complexity index is 569. The number of nitrogens with two attached hydrogens (primary N) is 1. The molecular formula is C14H17N3O3. The van der Waals surface area contributed by atoms with Gasteiger partial charge >= 0.3 is 0 Å². The van der Waals surface area contributed by atoms with Gasteiger partial charge in [-0.2, -0.15) is 0 Å². The van der Waals surface area contributed by atoms with Crippen LogP contribution in [-0.2, 0) is 13.1 Å². The predicted molar refractivity (Wildman–Crippen MR) is 72.8 cm³/mol. The van der Waals surface area contributed by atoms with Crippen molar-refractivity contribution in [1.29, 1.82) is 0 Å². The van der Waals surface area contributed by atoms with E-state index in [1.807, 2.05) is 22.9 Å². The molecule has 1 aliphatic rings. The van der Waals surface area contributed by atoms with E-state index >= 15 is 0 Å². The molecule has 0 spiro atoms. The zero-order valence-corrected chi connectivity index (χ0v) is 11.1. The average Bonchev–Trinajstić information content (AvgIpc) is 3.13. The lowest BCUT2D eigenvalue weighted by Gasteiger charge is -2.11. The quantitative estimate of drug-likeness (QED) is 0.810. The van der Waals surface area contributed by atoms with Gasteiger partial charge in [-0.1, -0.05) is 0 Å². The molecule has 2 N–H and O–H groups in total. The first-order chi connectivity index (χ1) is 9.86. The van der Waals surface area contributed by atoms with Crippen molar-refractivity contribution < 1.29 is 14.2 Å². The predicted octanol–water partition coefficient (Wildman–Crippen LogP) is 1.54. The van der Waals surface area contributed by atoms with Gasteiger partial charge in [0, 0.05) is 37.1 Å². The van der Waals surface area contributed by atoms with Crippen molar-refractivity contribution in [2.45, 2.75) is 19.5 Å². The van der Waals surface area contributed by atoms with Crippen molar-refractivity contribution in [2.24, 2.45) is 5.73 Å². The molecule has 2 aromatic rings. The van der Waals surface area contributed by atoms with Gasteiger partial charge < -0.3 is 24.5 Å². The molecule has 3 rings (SSSR count). The van der Waals surface area contributed by atoms with E-state index in [9.17, 15) is 0 Å². The van der Waals surface area contributed by atoms with E-state index in [0.29, 0.717) is 18.9 Å². The third-order valence-corrected chi connectivity index (χ3v) is 3.15. The van der Waals surface area contributed by atoms with Crippen LogP contribution in [-0.4, -0.2) is 23.0 Å². The van der Waals surface area contributed by atoms with Crippen molar-refractivity contribution in [3.8, 4) is 17.2 Å². The number of nitrogens with zero attached hydrogens (tertiary/aromatic N) is 2. The minimum absolute atomic E-state index is 0.253. The maximum Gasteiger partial charge on any atom is 0.231 e. The topological polar surface area (TPSA) is 71.5 Å². The number of aromatic nitrogens is 2. The molecule has 1 aromatic heterocycles. The number of hydrogen-bond acceptors (Lipinski definition) is 5. The van der Waals surface area contributed by atoms with E-state index in [0.717, 1.165) is 30.0 Å². The lowest BCUT2D eigenvalue weighted by Crippen LogP contribution is -2.06. The van der Waals surface area contributed by atoms with Crippen LogP contribution < -0.4 is 19.9 Å². The summed E-state index contributed by atoms with van der Waals surface area (Å²) < 4.78 is 18.5. The fraction of sp³-hybridized carbons (Fsp3) is 0.357. The standard InChI is InChI=1S/C14H17N3O3/c15-8-11-6-13-14(20-10-19-13)7-12(11)18-5-1-3-17-4-2-16-9-17/h2,4,6-7,9H,1,3,5,8,10,15H2. The Morgan fingerprint density at radius 2 is 2.15 bits per heavy atom. The van der Waals surface area contributed by atoms with Crippen molar-refractivity contribution in [3.63, 3.8) is 0 Å². The van der Waals surface area contributed by atoms with Crippen LogP contribution in [0.5, 0.6) is 17.2 Å². The summed E-state index contributed by atoms with van der Waals surface area (Å²) in [7, 11) is 0. The molecule has 2 heterocycles.